The number of nitrogens with one attached hydrogen (secondary N) is 1. The standard InChI is InChI=1S/C14H12ClFN2O4S/c1-22-12-4-2-8(14(17)19)6-11(12)18-23(20,21)13-5-3-9(15)7-10(13)16/h2-7,18H,1H3,(H2,17,19). The van der Waals surface area contributed by atoms with Gasteiger partial charge in [-0.3, -0.25) is 9.52 Å². The number of primary amides is 1. The number of anilines is 1. The van der Waals surface area contributed by atoms with Crippen LogP contribution in [0.4, 0.5) is 10.1 Å². The monoisotopic (exact) mass is 358 g/mol. The third kappa shape index (κ3) is 3.72. The Labute approximate surface area is 137 Å². The number of methoxy groups -OCH3 is 1. The molecule has 2 aromatic carbocycles. The Bertz CT molecular complexity index is 871. The van der Waals surface area contributed by atoms with E-state index in [0.29, 0.717) is 0 Å². The molecule has 6 nitrogen and oxygen atoms in total. The van der Waals surface area contributed by atoms with Crippen molar-refractivity contribution in [1.29, 1.82) is 0 Å². The minimum Gasteiger partial charge on any atom is -0.495 e. The second-order valence-corrected chi connectivity index (χ2v) is 6.55. The normalized spacial score (nSPS) is 11.1. The third-order valence-corrected chi connectivity index (χ3v) is 4.55. The van der Waals surface area contributed by atoms with Gasteiger partial charge in [-0.1, -0.05) is 11.6 Å². The van der Waals surface area contributed by atoms with Crippen LogP contribution in [0.2, 0.25) is 5.02 Å². The smallest absolute Gasteiger partial charge is 0.264 e. The molecule has 0 aliphatic rings. The van der Waals surface area contributed by atoms with Crippen molar-refractivity contribution in [2.45, 2.75) is 4.90 Å². The van der Waals surface area contributed by atoms with Gasteiger partial charge in [-0.15, -0.1) is 0 Å². The number of nitrogens with two attached hydrogens (primary N) is 1. The van der Waals surface area contributed by atoms with Crippen LogP contribution in [0.3, 0.4) is 0 Å². The Morgan fingerprint density at radius 3 is 2.52 bits per heavy atom. The van der Waals surface area contributed by atoms with Gasteiger partial charge in [0.15, 0.2) is 0 Å². The molecule has 0 aliphatic carbocycles. The van der Waals surface area contributed by atoms with Crippen molar-refractivity contribution in [2.75, 3.05) is 11.8 Å². The van der Waals surface area contributed by atoms with Gasteiger partial charge in [0, 0.05) is 10.6 Å². The van der Waals surface area contributed by atoms with E-state index in [2.05, 4.69) is 4.72 Å². The zero-order valence-electron chi connectivity index (χ0n) is 11.8. The van der Waals surface area contributed by atoms with Crippen LogP contribution in [0.5, 0.6) is 5.75 Å². The third-order valence-electron chi connectivity index (χ3n) is 2.91. The maximum Gasteiger partial charge on any atom is 0.264 e. The van der Waals surface area contributed by atoms with E-state index in [4.69, 9.17) is 22.1 Å². The van der Waals surface area contributed by atoms with Gasteiger partial charge in [-0.2, -0.15) is 0 Å². The summed E-state index contributed by atoms with van der Waals surface area (Å²) in [4.78, 5) is 10.6. The maximum absolute atomic E-state index is 13.8. The van der Waals surface area contributed by atoms with Gasteiger partial charge in [0.25, 0.3) is 10.0 Å². The van der Waals surface area contributed by atoms with E-state index < -0.39 is 26.6 Å². The molecule has 0 unspecified atom stereocenters. The lowest BCUT2D eigenvalue weighted by Gasteiger charge is -2.13. The molecule has 0 saturated carbocycles. The molecule has 0 atom stereocenters. The molecule has 0 saturated heterocycles. The molecule has 3 N–H and O–H groups in total. The van der Waals surface area contributed by atoms with Crippen molar-refractivity contribution in [2.24, 2.45) is 5.73 Å². The van der Waals surface area contributed by atoms with E-state index in [0.717, 1.165) is 12.1 Å². The van der Waals surface area contributed by atoms with Crippen molar-refractivity contribution in [3.8, 4) is 5.75 Å². The van der Waals surface area contributed by atoms with Gasteiger partial charge in [-0.05, 0) is 36.4 Å². The number of ether oxygens (including phenoxy) is 1. The van der Waals surface area contributed by atoms with Crippen molar-refractivity contribution in [3.63, 3.8) is 0 Å². The zero-order chi connectivity index (χ0) is 17.2. The second-order valence-electron chi connectivity index (χ2n) is 4.46. The molecule has 0 spiro atoms. The highest BCUT2D eigenvalue weighted by Gasteiger charge is 2.21. The summed E-state index contributed by atoms with van der Waals surface area (Å²) in [6.07, 6.45) is 0. The quantitative estimate of drug-likeness (QED) is 0.857. The van der Waals surface area contributed by atoms with E-state index in [1.165, 1.54) is 31.4 Å². The van der Waals surface area contributed by atoms with Crippen molar-refractivity contribution < 1.29 is 22.3 Å². The summed E-state index contributed by atoms with van der Waals surface area (Å²) in [5, 5.41) is 0.0646. The fourth-order valence-electron chi connectivity index (χ4n) is 1.83. The molecular weight excluding hydrogens is 347 g/mol. The van der Waals surface area contributed by atoms with Gasteiger partial charge >= 0.3 is 0 Å². The topological polar surface area (TPSA) is 98.5 Å². The van der Waals surface area contributed by atoms with E-state index in [9.17, 15) is 17.6 Å². The lowest BCUT2D eigenvalue weighted by atomic mass is 10.2. The predicted molar refractivity (Wildman–Crippen MR) is 83.7 cm³/mol. The molecule has 2 aromatic rings. The highest BCUT2D eigenvalue weighted by molar-refractivity contribution is 7.92. The summed E-state index contributed by atoms with van der Waals surface area (Å²) in [6, 6.07) is 7.11. The van der Waals surface area contributed by atoms with Gasteiger partial charge in [0.2, 0.25) is 5.91 Å². The molecule has 2 rings (SSSR count). The molecule has 0 aromatic heterocycles. The summed E-state index contributed by atoms with van der Waals surface area (Å²) in [6.45, 7) is 0. The molecule has 0 heterocycles. The van der Waals surface area contributed by atoms with Gasteiger partial charge in [0.05, 0.1) is 12.8 Å². The Morgan fingerprint density at radius 2 is 1.96 bits per heavy atom. The highest BCUT2D eigenvalue weighted by atomic mass is 35.5. The lowest BCUT2D eigenvalue weighted by Crippen LogP contribution is -2.17. The molecule has 122 valence electrons. The van der Waals surface area contributed by atoms with Crippen LogP contribution < -0.4 is 15.2 Å². The predicted octanol–water partition coefficient (Wildman–Crippen LogP) is 2.39. The Kier molecular flexibility index (Phi) is 4.76. The first-order valence-electron chi connectivity index (χ1n) is 6.20. The van der Waals surface area contributed by atoms with E-state index in [1.54, 1.807) is 0 Å². The van der Waals surface area contributed by atoms with E-state index in [1.807, 2.05) is 0 Å². The number of hydrogen-bond donors (Lipinski definition) is 2. The summed E-state index contributed by atoms with van der Waals surface area (Å²) in [5.74, 6) is -1.60. The number of benzene rings is 2. The van der Waals surface area contributed by atoms with Gasteiger partial charge < -0.3 is 10.5 Å². The first-order chi connectivity index (χ1) is 10.7. The van der Waals surface area contributed by atoms with Gasteiger partial charge in [0.1, 0.15) is 16.5 Å². The van der Waals surface area contributed by atoms with Crippen molar-refractivity contribution in [1.82, 2.24) is 0 Å². The average Bonchev–Trinajstić information content (AvgIpc) is 2.46. The Balaban J connectivity index is 2.48. The van der Waals surface area contributed by atoms with E-state index >= 15 is 0 Å². The van der Waals surface area contributed by atoms with Crippen molar-refractivity contribution in [3.05, 3.63) is 52.8 Å². The van der Waals surface area contributed by atoms with Crippen molar-refractivity contribution >= 4 is 33.2 Å². The molecule has 1 amide bonds. The molecular formula is C14H12ClFN2O4S. The maximum atomic E-state index is 13.8. The second kappa shape index (κ2) is 6.43. The van der Waals surface area contributed by atoms with Crippen LogP contribution >= 0.6 is 11.6 Å². The summed E-state index contributed by atoms with van der Waals surface area (Å²) in [7, 11) is -2.93. The zero-order valence-corrected chi connectivity index (χ0v) is 13.4. The summed E-state index contributed by atoms with van der Waals surface area (Å²) >= 11 is 5.60. The number of halogens is 2. The minimum absolute atomic E-state index is 0.0434. The van der Waals surface area contributed by atoms with Crippen LogP contribution in [0.15, 0.2) is 41.3 Å². The Hall–Kier alpha value is -2.32. The van der Waals surface area contributed by atoms with Crippen LogP contribution in [0.25, 0.3) is 0 Å². The summed E-state index contributed by atoms with van der Waals surface area (Å²) < 4.78 is 45.6. The number of carbonyl (C=O) groups excluding carboxylic acids is 1. The molecule has 0 bridgehead atoms. The average molecular weight is 359 g/mol. The molecule has 9 heteroatoms. The highest BCUT2D eigenvalue weighted by Crippen LogP contribution is 2.29. The van der Waals surface area contributed by atoms with Crippen LogP contribution in [0, 0.1) is 5.82 Å². The minimum atomic E-state index is -4.25. The number of sulfonamides is 1. The van der Waals surface area contributed by atoms with Crippen LogP contribution in [-0.4, -0.2) is 21.4 Å². The van der Waals surface area contributed by atoms with E-state index in [-0.39, 0.29) is 22.0 Å². The fraction of sp³-hybridized carbons (Fsp3) is 0.0714. The molecule has 0 fully saturated rings. The van der Waals surface area contributed by atoms with Crippen LogP contribution in [0.1, 0.15) is 10.4 Å². The number of hydrogen-bond acceptors (Lipinski definition) is 4. The molecule has 0 aliphatic heterocycles. The molecule has 23 heavy (non-hydrogen) atoms. The molecule has 0 radical (unpaired) electrons. The largest absolute Gasteiger partial charge is 0.495 e. The SMILES string of the molecule is COc1ccc(C(N)=O)cc1NS(=O)(=O)c1ccc(Cl)cc1F. The first kappa shape index (κ1) is 17.0. The number of rotatable bonds is 5. The number of amides is 1. The van der Waals surface area contributed by atoms with Gasteiger partial charge in [-0.25, -0.2) is 12.8 Å². The summed E-state index contributed by atoms with van der Waals surface area (Å²) in [5.41, 5.74) is 5.18. The number of carbonyl (C=O) groups is 1. The lowest BCUT2D eigenvalue weighted by molar-refractivity contribution is 0.100. The first-order valence-corrected chi connectivity index (χ1v) is 8.06. The Morgan fingerprint density at radius 1 is 1.26 bits per heavy atom. The fourth-order valence-corrected chi connectivity index (χ4v) is 3.11. The van der Waals surface area contributed by atoms with Crippen LogP contribution in [-0.2, 0) is 10.0 Å².